The molecule has 0 amide bonds. The van der Waals surface area contributed by atoms with Crippen molar-refractivity contribution in [3.63, 3.8) is 0 Å². The molecule has 96 valence electrons. The van der Waals surface area contributed by atoms with Crippen molar-refractivity contribution >= 4 is 0 Å². The molecule has 2 unspecified atom stereocenters. The highest BCUT2D eigenvalue weighted by molar-refractivity contribution is 4.98. The molecule has 2 atom stereocenters. The van der Waals surface area contributed by atoms with Crippen LogP contribution in [0.2, 0.25) is 0 Å². The van der Waals surface area contributed by atoms with Gasteiger partial charge in [0.15, 0.2) is 0 Å². The number of rotatable bonds is 4. The lowest BCUT2D eigenvalue weighted by molar-refractivity contribution is 0.0413. The van der Waals surface area contributed by atoms with Gasteiger partial charge in [0, 0.05) is 13.0 Å². The van der Waals surface area contributed by atoms with Crippen LogP contribution >= 0.6 is 0 Å². The van der Waals surface area contributed by atoms with Crippen LogP contribution in [0.5, 0.6) is 0 Å². The Kier molecular flexibility index (Phi) is 3.52. The zero-order chi connectivity index (χ0) is 12.5. The van der Waals surface area contributed by atoms with Gasteiger partial charge in [0.2, 0.25) is 0 Å². The van der Waals surface area contributed by atoms with Crippen molar-refractivity contribution in [2.45, 2.75) is 58.6 Å². The third kappa shape index (κ3) is 3.06. The Bertz CT molecular complexity index is 374. The molecule has 1 saturated carbocycles. The molecule has 1 fully saturated rings. The summed E-state index contributed by atoms with van der Waals surface area (Å²) in [5.41, 5.74) is -0.554. The highest BCUT2D eigenvalue weighted by Crippen LogP contribution is 2.36. The summed E-state index contributed by atoms with van der Waals surface area (Å²) in [6.45, 7) is 7.41. The van der Waals surface area contributed by atoms with Crippen molar-refractivity contribution in [3.05, 3.63) is 12.2 Å². The van der Waals surface area contributed by atoms with Gasteiger partial charge in [0.25, 0.3) is 0 Å². The van der Waals surface area contributed by atoms with Gasteiger partial charge >= 0.3 is 0 Å². The Labute approximate surface area is 103 Å². The number of hydrogen-bond donors (Lipinski definition) is 1. The van der Waals surface area contributed by atoms with Crippen molar-refractivity contribution in [1.82, 2.24) is 14.8 Å². The van der Waals surface area contributed by atoms with Crippen LogP contribution < -0.4 is 0 Å². The highest BCUT2D eigenvalue weighted by atomic mass is 16.3. The van der Waals surface area contributed by atoms with E-state index in [1.165, 1.54) is 0 Å². The third-order valence-corrected chi connectivity index (χ3v) is 3.55. The minimum absolute atomic E-state index is 0.549. The monoisotopic (exact) mass is 237 g/mol. The van der Waals surface area contributed by atoms with Crippen LogP contribution in [0.1, 0.15) is 45.9 Å². The molecule has 17 heavy (non-hydrogen) atoms. The lowest BCUT2D eigenvalue weighted by Crippen LogP contribution is -2.30. The van der Waals surface area contributed by atoms with Gasteiger partial charge in [-0.25, -0.2) is 9.67 Å². The molecule has 0 bridgehead atoms. The molecular weight excluding hydrogens is 214 g/mol. The zero-order valence-corrected chi connectivity index (χ0v) is 11.1. The lowest BCUT2D eigenvalue weighted by Gasteiger charge is -2.22. The maximum Gasteiger partial charge on any atom is 0.138 e. The van der Waals surface area contributed by atoms with Crippen LogP contribution in [-0.4, -0.2) is 25.5 Å². The summed E-state index contributed by atoms with van der Waals surface area (Å²) >= 11 is 0. The van der Waals surface area contributed by atoms with E-state index in [0.29, 0.717) is 18.3 Å². The molecule has 4 heteroatoms. The predicted octanol–water partition coefficient (Wildman–Crippen LogP) is 2.03. The smallest absolute Gasteiger partial charge is 0.138 e. The minimum atomic E-state index is -0.554. The minimum Gasteiger partial charge on any atom is -0.389 e. The molecule has 4 nitrogen and oxygen atoms in total. The molecule has 0 spiro atoms. The molecule has 0 radical (unpaired) electrons. The Morgan fingerprint density at radius 1 is 1.59 bits per heavy atom. The summed E-state index contributed by atoms with van der Waals surface area (Å²) in [6.07, 6.45) is 5.14. The van der Waals surface area contributed by atoms with Gasteiger partial charge in [-0.15, -0.1) is 0 Å². The van der Waals surface area contributed by atoms with Crippen molar-refractivity contribution < 1.29 is 5.11 Å². The molecule has 2 rings (SSSR count). The van der Waals surface area contributed by atoms with Crippen molar-refractivity contribution in [2.24, 2.45) is 11.8 Å². The maximum absolute atomic E-state index is 10.5. The average Bonchev–Trinajstić information content (AvgIpc) is 2.75. The van der Waals surface area contributed by atoms with Crippen LogP contribution in [0.3, 0.4) is 0 Å². The Hall–Kier alpha value is -0.900. The van der Waals surface area contributed by atoms with Crippen LogP contribution in [-0.2, 0) is 13.0 Å². The van der Waals surface area contributed by atoms with Crippen LogP contribution in [0.25, 0.3) is 0 Å². The lowest BCUT2D eigenvalue weighted by atomic mass is 9.96. The number of hydrogen-bond acceptors (Lipinski definition) is 3. The average molecular weight is 237 g/mol. The Morgan fingerprint density at radius 2 is 2.35 bits per heavy atom. The topological polar surface area (TPSA) is 50.9 Å². The van der Waals surface area contributed by atoms with Gasteiger partial charge in [-0.1, -0.05) is 20.8 Å². The van der Waals surface area contributed by atoms with Crippen molar-refractivity contribution in [1.29, 1.82) is 0 Å². The normalized spacial score (nSPS) is 29.1. The molecule has 0 saturated heterocycles. The van der Waals surface area contributed by atoms with E-state index in [-0.39, 0.29) is 0 Å². The summed E-state index contributed by atoms with van der Waals surface area (Å²) in [4.78, 5) is 4.29. The standard InChI is InChI=1S/C13H23N3O/c1-10(2)8-16-12(14-9-15-16)7-13(17)5-4-11(3)6-13/h9-11,17H,4-8H2,1-3H3. The largest absolute Gasteiger partial charge is 0.389 e. The fourth-order valence-electron chi connectivity index (χ4n) is 2.75. The number of nitrogens with zero attached hydrogens (tertiary/aromatic N) is 3. The second kappa shape index (κ2) is 4.77. The second-order valence-electron chi connectivity index (χ2n) is 6.00. The van der Waals surface area contributed by atoms with Gasteiger partial charge in [-0.05, 0) is 31.1 Å². The zero-order valence-electron chi connectivity index (χ0n) is 11.1. The third-order valence-electron chi connectivity index (χ3n) is 3.55. The molecule has 1 aromatic rings. The first kappa shape index (κ1) is 12.6. The first-order valence-corrected chi connectivity index (χ1v) is 6.57. The van der Waals surface area contributed by atoms with E-state index in [1.54, 1.807) is 6.33 Å². The van der Waals surface area contributed by atoms with Crippen molar-refractivity contribution in [2.75, 3.05) is 0 Å². The fourth-order valence-corrected chi connectivity index (χ4v) is 2.75. The molecule has 0 aliphatic heterocycles. The second-order valence-corrected chi connectivity index (χ2v) is 6.00. The predicted molar refractivity (Wildman–Crippen MR) is 66.5 cm³/mol. The molecule has 1 heterocycles. The maximum atomic E-state index is 10.5. The van der Waals surface area contributed by atoms with Gasteiger partial charge < -0.3 is 5.11 Å². The van der Waals surface area contributed by atoms with E-state index in [0.717, 1.165) is 31.6 Å². The first-order chi connectivity index (χ1) is 7.98. The summed E-state index contributed by atoms with van der Waals surface area (Å²) in [7, 11) is 0. The van der Waals surface area contributed by atoms with Crippen molar-refractivity contribution in [3.8, 4) is 0 Å². The highest BCUT2D eigenvalue weighted by Gasteiger charge is 2.36. The number of aliphatic hydroxyl groups is 1. The number of aromatic nitrogens is 3. The van der Waals surface area contributed by atoms with E-state index in [1.807, 2.05) is 4.68 Å². The Balaban J connectivity index is 2.06. The van der Waals surface area contributed by atoms with Crippen LogP contribution in [0.15, 0.2) is 6.33 Å². The SMILES string of the molecule is CC(C)Cn1ncnc1CC1(O)CCC(C)C1. The molecule has 1 N–H and O–H groups in total. The van der Waals surface area contributed by atoms with E-state index in [4.69, 9.17) is 0 Å². The molecule has 1 aromatic heterocycles. The van der Waals surface area contributed by atoms with E-state index in [9.17, 15) is 5.11 Å². The van der Waals surface area contributed by atoms with Gasteiger partial charge in [0.1, 0.15) is 12.2 Å². The quantitative estimate of drug-likeness (QED) is 0.871. The molecule has 1 aliphatic rings. The van der Waals surface area contributed by atoms with Gasteiger partial charge in [-0.2, -0.15) is 5.10 Å². The first-order valence-electron chi connectivity index (χ1n) is 6.57. The fraction of sp³-hybridized carbons (Fsp3) is 0.846. The van der Waals surface area contributed by atoms with Gasteiger partial charge in [0.05, 0.1) is 5.60 Å². The van der Waals surface area contributed by atoms with Crippen LogP contribution in [0.4, 0.5) is 0 Å². The summed E-state index contributed by atoms with van der Waals surface area (Å²) in [5, 5.41) is 14.8. The summed E-state index contributed by atoms with van der Waals surface area (Å²) in [6, 6.07) is 0. The Morgan fingerprint density at radius 3 is 2.94 bits per heavy atom. The van der Waals surface area contributed by atoms with E-state index in [2.05, 4.69) is 30.9 Å². The molecule has 1 aliphatic carbocycles. The summed E-state index contributed by atoms with van der Waals surface area (Å²) < 4.78 is 1.94. The molecule has 0 aromatic carbocycles. The van der Waals surface area contributed by atoms with Gasteiger partial charge in [-0.3, -0.25) is 0 Å². The van der Waals surface area contributed by atoms with Crippen LogP contribution in [0, 0.1) is 11.8 Å². The van der Waals surface area contributed by atoms with E-state index < -0.39 is 5.60 Å². The molecular formula is C13H23N3O. The van der Waals surface area contributed by atoms with E-state index >= 15 is 0 Å². The summed E-state index contributed by atoms with van der Waals surface area (Å²) in [5.74, 6) is 2.10.